The molecule has 0 amide bonds. The largest absolute Gasteiger partial charge is 0.456 e. The molecule has 0 N–H and O–H groups in total. The number of nitrogens with zero attached hydrogens (tertiary/aromatic N) is 3. The average molecular weight is 736 g/mol. The highest BCUT2D eigenvalue weighted by molar-refractivity contribution is 6.18. The molecule has 1 unspecified atom stereocenters. The molecule has 11 rings (SSSR count). The summed E-state index contributed by atoms with van der Waals surface area (Å²) in [5.41, 5.74) is 14.7. The molecule has 0 radical (unpaired) electrons. The first kappa shape index (κ1) is 33.1. The zero-order valence-electron chi connectivity index (χ0n) is 31.4. The fraction of sp³-hybridized carbons (Fsp3) is 0.0769. The summed E-state index contributed by atoms with van der Waals surface area (Å²) in [6.45, 7) is 2.46. The van der Waals surface area contributed by atoms with E-state index >= 15 is 0 Å². The number of fused-ring (bicyclic) bond motifs is 9. The summed E-state index contributed by atoms with van der Waals surface area (Å²) in [5, 5.41) is 4.31. The lowest BCUT2D eigenvalue weighted by Gasteiger charge is -2.29. The van der Waals surface area contributed by atoms with E-state index in [0.717, 1.165) is 78.4 Å². The van der Waals surface area contributed by atoms with E-state index in [0.29, 0.717) is 12.4 Å². The van der Waals surface area contributed by atoms with E-state index in [9.17, 15) is 0 Å². The van der Waals surface area contributed by atoms with Crippen molar-refractivity contribution in [3.8, 4) is 0 Å². The van der Waals surface area contributed by atoms with Gasteiger partial charge < -0.3 is 13.7 Å². The lowest BCUT2D eigenvalue weighted by molar-refractivity contribution is 0.667. The molecule has 1 atom stereocenters. The predicted octanol–water partition coefficient (Wildman–Crippen LogP) is 13.3. The second-order valence-electron chi connectivity index (χ2n) is 14.9. The van der Waals surface area contributed by atoms with Crippen molar-refractivity contribution in [2.75, 3.05) is 4.90 Å². The van der Waals surface area contributed by atoms with E-state index in [2.05, 4.69) is 144 Å². The third kappa shape index (κ3) is 5.70. The van der Waals surface area contributed by atoms with Crippen LogP contribution >= 0.6 is 0 Å². The van der Waals surface area contributed by atoms with Crippen LogP contribution in [0.1, 0.15) is 41.2 Å². The molecule has 1 aliphatic heterocycles. The van der Waals surface area contributed by atoms with Crippen LogP contribution in [-0.4, -0.2) is 17.6 Å². The number of hydrogen-bond acceptors (Lipinski definition) is 4. The second-order valence-corrected chi connectivity index (χ2v) is 14.9. The van der Waals surface area contributed by atoms with Gasteiger partial charge in [0, 0.05) is 50.3 Å². The van der Waals surface area contributed by atoms with Crippen molar-refractivity contribution in [1.29, 1.82) is 0 Å². The first-order valence-electron chi connectivity index (χ1n) is 19.5. The maximum Gasteiger partial charge on any atom is 0.158 e. The Balaban J connectivity index is 0.948. The molecular formula is C52H37N3O2. The Morgan fingerprint density at radius 3 is 2.25 bits per heavy atom. The van der Waals surface area contributed by atoms with E-state index in [4.69, 9.17) is 18.8 Å². The van der Waals surface area contributed by atoms with Gasteiger partial charge in [0.05, 0.1) is 18.2 Å². The van der Waals surface area contributed by atoms with Crippen LogP contribution in [0.2, 0.25) is 0 Å². The Morgan fingerprint density at radius 1 is 0.649 bits per heavy atom. The van der Waals surface area contributed by atoms with E-state index in [1.165, 1.54) is 28.0 Å². The topological polar surface area (TPSA) is 54.2 Å². The molecule has 7 aromatic carbocycles. The van der Waals surface area contributed by atoms with Crippen molar-refractivity contribution < 1.29 is 8.83 Å². The van der Waals surface area contributed by atoms with Gasteiger partial charge in [-0.2, -0.15) is 0 Å². The third-order valence-electron chi connectivity index (χ3n) is 11.4. The number of anilines is 2. The van der Waals surface area contributed by atoms with Gasteiger partial charge >= 0.3 is 0 Å². The van der Waals surface area contributed by atoms with Gasteiger partial charge in [-0.25, -0.2) is 4.99 Å². The van der Waals surface area contributed by atoms with Gasteiger partial charge in [-0.05, 0) is 83.7 Å². The summed E-state index contributed by atoms with van der Waals surface area (Å²) in [5.74, 6) is 0.628. The summed E-state index contributed by atoms with van der Waals surface area (Å²) in [6.07, 6.45) is 5.68. The predicted molar refractivity (Wildman–Crippen MR) is 236 cm³/mol. The van der Waals surface area contributed by atoms with E-state index in [1.807, 2.05) is 43.3 Å². The minimum Gasteiger partial charge on any atom is -0.456 e. The van der Waals surface area contributed by atoms with Crippen molar-refractivity contribution in [2.24, 2.45) is 9.98 Å². The molecule has 2 aliphatic rings. The first-order valence-corrected chi connectivity index (χ1v) is 19.5. The quantitative estimate of drug-likeness (QED) is 0.126. The van der Waals surface area contributed by atoms with E-state index < -0.39 is 0 Å². The average Bonchev–Trinajstić information content (AvgIpc) is 3.94. The third-order valence-corrected chi connectivity index (χ3v) is 11.4. The van der Waals surface area contributed by atoms with Crippen molar-refractivity contribution in [2.45, 2.75) is 25.9 Å². The van der Waals surface area contributed by atoms with Gasteiger partial charge in [0.2, 0.25) is 0 Å². The number of benzene rings is 7. The SMILES string of the molecule is C/C(=N\C(=N/Cc1ccc2c(c1)oc1cc(N3c4ccccc4C4=CC(c5ccccc5)=CCC43)ccc12)c1cccc2c1oc1ccccc12)c1ccccc1. The standard InChI is InChI=1S/C52H37N3O2/c1-33(35-13-4-2-5-14-35)54-52(44-20-12-19-43-40-18-9-11-22-48(40)57-51(43)44)53-32-34-23-26-41-42-27-25-38(31-50(42)56-49(41)29-34)55-46-21-10-8-17-39(46)45-30-37(24-28-47(45)55)36-15-6-3-7-16-36/h2-27,29-31,47H,28,32H2,1H3/b53-52-,54-33+. The Labute approximate surface area is 330 Å². The number of amidine groups is 1. The smallest absolute Gasteiger partial charge is 0.158 e. The van der Waals surface area contributed by atoms with Crippen LogP contribution in [0.3, 0.4) is 0 Å². The monoisotopic (exact) mass is 735 g/mol. The molecule has 5 nitrogen and oxygen atoms in total. The molecule has 0 spiro atoms. The van der Waals surface area contributed by atoms with Gasteiger partial charge in [-0.15, -0.1) is 0 Å². The molecule has 1 aliphatic carbocycles. The molecular weight excluding hydrogens is 699 g/mol. The number of para-hydroxylation sites is 3. The lowest BCUT2D eigenvalue weighted by atomic mass is 9.89. The summed E-state index contributed by atoms with van der Waals surface area (Å²) in [4.78, 5) is 12.8. The maximum atomic E-state index is 6.65. The van der Waals surface area contributed by atoms with Crippen LogP contribution in [0, 0.1) is 0 Å². The van der Waals surface area contributed by atoms with Crippen LogP contribution < -0.4 is 4.90 Å². The van der Waals surface area contributed by atoms with Crippen molar-refractivity contribution >= 4 is 77.9 Å². The molecule has 0 saturated heterocycles. The van der Waals surface area contributed by atoms with Crippen LogP contribution in [0.25, 0.3) is 55.0 Å². The number of furan rings is 2. The zero-order valence-corrected chi connectivity index (χ0v) is 31.4. The van der Waals surface area contributed by atoms with Crippen LogP contribution in [0.4, 0.5) is 11.4 Å². The lowest BCUT2D eigenvalue weighted by Crippen LogP contribution is -2.27. The number of hydrogen-bond donors (Lipinski definition) is 0. The van der Waals surface area contributed by atoms with Crippen molar-refractivity contribution in [3.63, 3.8) is 0 Å². The highest BCUT2D eigenvalue weighted by Gasteiger charge is 2.36. The fourth-order valence-electron chi connectivity index (χ4n) is 8.67. The van der Waals surface area contributed by atoms with Gasteiger partial charge in [-0.1, -0.05) is 127 Å². The Kier molecular flexibility index (Phi) is 7.85. The minimum absolute atomic E-state index is 0.217. The number of allylic oxidation sites excluding steroid dienone is 2. The molecule has 2 aromatic heterocycles. The number of aliphatic imine (C=N–C) groups is 2. The molecule has 0 fully saturated rings. The van der Waals surface area contributed by atoms with Gasteiger partial charge in [0.1, 0.15) is 22.3 Å². The summed E-state index contributed by atoms with van der Waals surface area (Å²) in [6, 6.07) is 57.3. The normalized spacial score (nSPS) is 15.7. The summed E-state index contributed by atoms with van der Waals surface area (Å²) in [7, 11) is 0. The van der Waals surface area contributed by atoms with Crippen molar-refractivity contribution in [3.05, 3.63) is 204 Å². The Bertz CT molecular complexity index is 3150. The van der Waals surface area contributed by atoms with E-state index in [-0.39, 0.29) is 6.04 Å². The highest BCUT2D eigenvalue weighted by atomic mass is 16.3. The van der Waals surface area contributed by atoms with Gasteiger partial charge in [0.15, 0.2) is 5.84 Å². The molecule has 9 aromatic rings. The van der Waals surface area contributed by atoms with Crippen LogP contribution in [-0.2, 0) is 6.54 Å². The van der Waals surface area contributed by atoms with Gasteiger partial charge in [-0.3, -0.25) is 4.99 Å². The first-order chi connectivity index (χ1) is 28.2. The Hall–Kier alpha value is -7.24. The molecule has 57 heavy (non-hydrogen) atoms. The molecule has 272 valence electrons. The molecule has 0 saturated carbocycles. The summed E-state index contributed by atoms with van der Waals surface area (Å²) >= 11 is 0. The molecule has 5 heteroatoms. The van der Waals surface area contributed by atoms with Crippen LogP contribution in [0.5, 0.6) is 0 Å². The second kappa shape index (κ2) is 13.5. The zero-order chi connectivity index (χ0) is 37.9. The van der Waals surface area contributed by atoms with Crippen LogP contribution in [0.15, 0.2) is 195 Å². The Morgan fingerprint density at radius 2 is 1.37 bits per heavy atom. The number of rotatable bonds is 6. The fourth-order valence-corrected chi connectivity index (χ4v) is 8.67. The maximum absolute atomic E-state index is 6.65. The van der Waals surface area contributed by atoms with E-state index in [1.54, 1.807) is 0 Å². The van der Waals surface area contributed by atoms with Gasteiger partial charge in [0.25, 0.3) is 0 Å². The molecule has 0 bridgehead atoms. The minimum atomic E-state index is 0.217. The van der Waals surface area contributed by atoms with Crippen molar-refractivity contribution in [1.82, 2.24) is 0 Å². The summed E-state index contributed by atoms with van der Waals surface area (Å²) < 4.78 is 13.1. The highest BCUT2D eigenvalue weighted by Crippen LogP contribution is 2.49. The molecule has 3 heterocycles.